The molecule has 0 aromatic carbocycles. The molecule has 1 heterocycles. The number of nitrogens with zero attached hydrogens (tertiary/aromatic N) is 1. The fourth-order valence-corrected chi connectivity index (χ4v) is 1.83. The molecule has 78 valence electrons. The summed E-state index contributed by atoms with van der Waals surface area (Å²) < 4.78 is 5.38. The Bertz CT molecular complexity index is 141. The van der Waals surface area contributed by atoms with Crippen LogP contribution in [0.25, 0.3) is 0 Å². The van der Waals surface area contributed by atoms with Crippen LogP contribution in [-0.4, -0.2) is 43.1 Å². The summed E-state index contributed by atoms with van der Waals surface area (Å²) in [6.45, 7) is 8.40. The van der Waals surface area contributed by atoms with E-state index in [1.165, 1.54) is 13.0 Å². The zero-order chi connectivity index (χ0) is 9.68. The Morgan fingerprint density at radius 1 is 1.54 bits per heavy atom. The van der Waals surface area contributed by atoms with Gasteiger partial charge in [0.15, 0.2) is 0 Å². The first-order valence-corrected chi connectivity index (χ1v) is 5.65. The third-order valence-corrected chi connectivity index (χ3v) is 2.88. The molecule has 0 aromatic rings. The smallest absolute Gasteiger partial charge is 0.0634 e. The van der Waals surface area contributed by atoms with Crippen molar-refractivity contribution in [3.8, 4) is 0 Å². The van der Waals surface area contributed by atoms with Gasteiger partial charge in [0.25, 0.3) is 0 Å². The van der Waals surface area contributed by atoms with Gasteiger partial charge in [0.05, 0.1) is 13.2 Å². The largest absolute Gasteiger partial charge is 0.378 e. The van der Waals surface area contributed by atoms with Crippen molar-refractivity contribution in [3.63, 3.8) is 0 Å². The van der Waals surface area contributed by atoms with E-state index >= 15 is 0 Å². The van der Waals surface area contributed by atoms with Crippen LogP contribution in [0.4, 0.5) is 0 Å². The van der Waals surface area contributed by atoms with Crippen molar-refractivity contribution in [3.05, 3.63) is 0 Å². The Morgan fingerprint density at radius 3 is 2.92 bits per heavy atom. The van der Waals surface area contributed by atoms with Crippen molar-refractivity contribution < 1.29 is 4.74 Å². The first kappa shape index (κ1) is 11.3. The summed E-state index contributed by atoms with van der Waals surface area (Å²) >= 11 is 5.87. The molecular weight excluding hydrogens is 186 g/mol. The zero-order valence-corrected chi connectivity index (χ0v) is 9.39. The van der Waals surface area contributed by atoms with Gasteiger partial charge < -0.3 is 4.74 Å². The van der Waals surface area contributed by atoms with Crippen molar-refractivity contribution >= 4 is 11.6 Å². The second-order valence-corrected chi connectivity index (χ2v) is 4.41. The molecule has 13 heavy (non-hydrogen) atoms. The van der Waals surface area contributed by atoms with E-state index in [0.717, 1.165) is 25.7 Å². The number of ether oxygens (including phenoxy) is 1. The molecule has 0 aliphatic carbocycles. The Hall–Kier alpha value is 0.210. The van der Waals surface area contributed by atoms with Gasteiger partial charge in [0, 0.05) is 18.5 Å². The summed E-state index contributed by atoms with van der Waals surface area (Å²) in [4.78, 5) is 2.45. The molecule has 0 spiro atoms. The van der Waals surface area contributed by atoms with Crippen molar-refractivity contribution in [1.29, 1.82) is 0 Å². The van der Waals surface area contributed by atoms with E-state index in [4.69, 9.17) is 16.3 Å². The predicted octanol–water partition coefficient (Wildman–Crippen LogP) is 1.97. The first-order valence-electron chi connectivity index (χ1n) is 5.11. The summed E-state index contributed by atoms with van der Waals surface area (Å²) in [6, 6.07) is 0.439. The van der Waals surface area contributed by atoms with Gasteiger partial charge in [-0.2, -0.15) is 0 Å². The second kappa shape index (κ2) is 5.84. The molecule has 1 saturated heterocycles. The fourth-order valence-electron chi connectivity index (χ4n) is 1.55. The maximum atomic E-state index is 5.87. The topological polar surface area (TPSA) is 12.5 Å². The molecule has 1 unspecified atom stereocenters. The maximum absolute atomic E-state index is 5.87. The van der Waals surface area contributed by atoms with Crippen molar-refractivity contribution in [2.24, 2.45) is 5.92 Å². The number of alkyl halides is 1. The Balaban J connectivity index is 2.27. The van der Waals surface area contributed by atoms with Crippen LogP contribution in [0.15, 0.2) is 0 Å². The van der Waals surface area contributed by atoms with Crippen LogP contribution in [0.2, 0.25) is 0 Å². The summed E-state index contributed by atoms with van der Waals surface area (Å²) in [5, 5.41) is 0. The molecule has 1 aliphatic rings. The van der Waals surface area contributed by atoms with Crippen LogP contribution in [0.1, 0.15) is 20.3 Å². The lowest BCUT2D eigenvalue weighted by Crippen LogP contribution is -2.47. The highest BCUT2D eigenvalue weighted by atomic mass is 35.5. The van der Waals surface area contributed by atoms with Crippen LogP contribution in [0, 0.1) is 5.92 Å². The monoisotopic (exact) mass is 205 g/mol. The lowest BCUT2D eigenvalue weighted by Gasteiger charge is -2.34. The van der Waals surface area contributed by atoms with Gasteiger partial charge in [-0.25, -0.2) is 0 Å². The quantitative estimate of drug-likeness (QED) is 0.651. The van der Waals surface area contributed by atoms with E-state index in [0.29, 0.717) is 11.9 Å². The normalized spacial score (nSPS) is 25.4. The predicted molar refractivity (Wildman–Crippen MR) is 56.4 cm³/mol. The SMILES string of the molecule is CC(C)CCN1CCOCC1CCl. The third-order valence-electron chi connectivity index (χ3n) is 2.52. The number of hydrogen-bond donors (Lipinski definition) is 0. The lowest BCUT2D eigenvalue weighted by atomic mass is 10.1. The summed E-state index contributed by atoms with van der Waals surface area (Å²) in [5.41, 5.74) is 0. The van der Waals surface area contributed by atoms with E-state index < -0.39 is 0 Å². The van der Waals surface area contributed by atoms with Crippen LogP contribution < -0.4 is 0 Å². The number of rotatable bonds is 4. The molecule has 1 fully saturated rings. The van der Waals surface area contributed by atoms with Gasteiger partial charge in [-0.05, 0) is 18.9 Å². The van der Waals surface area contributed by atoms with Gasteiger partial charge in [-0.15, -0.1) is 11.6 Å². The van der Waals surface area contributed by atoms with E-state index in [9.17, 15) is 0 Å². The number of hydrogen-bond acceptors (Lipinski definition) is 2. The van der Waals surface area contributed by atoms with Gasteiger partial charge in [0.2, 0.25) is 0 Å². The van der Waals surface area contributed by atoms with Gasteiger partial charge in [-0.1, -0.05) is 13.8 Å². The minimum Gasteiger partial charge on any atom is -0.378 e. The van der Waals surface area contributed by atoms with E-state index in [-0.39, 0.29) is 0 Å². The van der Waals surface area contributed by atoms with Crippen LogP contribution in [0.3, 0.4) is 0 Å². The molecule has 2 nitrogen and oxygen atoms in total. The highest BCUT2D eigenvalue weighted by Crippen LogP contribution is 2.11. The van der Waals surface area contributed by atoms with Crippen LogP contribution >= 0.6 is 11.6 Å². The summed E-state index contributed by atoms with van der Waals surface area (Å²) in [6.07, 6.45) is 1.26. The van der Waals surface area contributed by atoms with Crippen LogP contribution in [0.5, 0.6) is 0 Å². The Morgan fingerprint density at radius 2 is 2.31 bits per heavy atom. The lowest BCUT2D eigenvalue weighted by molar-refractivity contribution is -0.000688. The van der Waals surface area contributed by atoms with Gasteiger partial charge in [-0.3, -0.25) is 4.90 Å². The Kier molecular flexibility index (Phi) is 5.07. The average molecular weight is 206 g/mol. The average Bonchev–Trinajstić information content (AvgIpc) is 2.15. The van der Waals surface area contributed by atoms with Crippen molar-refractivity contribution in [2.45, 2.75) is 26.3 Å². The van der Waals surface area contributed by atoms with E-state index in [2.05, 4.69) is 18.7 Å². The van der Waals surface area contributed by atoms with Crippen molar-refractivity contribution in [1.82, 2.24) is 4.90 Å². The molecular formula is C10H20ClNO. The maximum Gasteiger partial charge on any atom is 0.0634 e. The number of halogens is 1. The molecule has 1 aliphatic heterocycles. The molecule has 0 saturated carbocycles. The molecule has 1 rings (SSSR count). The highest BCUT2D eigenvalue weighted by molar-refractivity contribution is 6.18. The minimum atomic E-state index is 0.439. The zero-order valence-electron chi connectivity index (χ0n) is 8.63. The molecule has 0 radical (unpaired) electrons. The fraction of sp³-hybridized carbons (Fsp3) is 1.00. The minimum absolute atomic E-state index is 0.439. The molecule has 0 bridgehead atoms. The Labute approximate surface area is 86.2 Å². The van der Waals surface area contributed by atoms with E-state index in [1.54, 1.807) is 0 Å². The molecule has 1 atom stereocenters. The molecule has 0 aromatic heterocycles. The summed E-state index contributed by atoms with van der Waals surface area (Å²) in [7, 11) is 0. The van der Waals surface area contributed by atoms with Gasteiger partial charge >= 0.3 is 0 Å². The first-order chi connectivity index (χ1) is 6.24. The highest BCUT2D eigenvalue weighted by Gasteiger charge is 2.21. The van der Waals surface area contributed by atoms with Gasteiger partial charge in [0.1, 0.15) is 0 Å². The van der Waals surface area contributed by atoms with E-state index in [1.807, 2.05) is 0 Å². The molecule has 0 N–H and O–H groups in total. The van der Waals surface area contributed by atoms with Crippen molar-refractivity contribution in [2.75, 3.05) is 32.2 Å². The summed E-state index contributed by atoms with van der Waals surface area (Å²) in [5.74, 6) is 1.47. The number of morpholine rings is 1. The standard InChI is InChI=1S/C10H20ClNO/c1-9(2)3-4-12-5-6-13-8-10(12)7-11/h9-10H,3-8H2,1-2H3. The third kappa shape index (κ3) is 3.84. The second-order valence-electron chi connectivity index (χ2n) is 4.10. The van der Waals surface area contributed by atoms with Crippen LogP contribution in [-0.2, 0) is 4.74 Å². The molecule has 0 amide bonds. The molecule has 3 heteroatoms.